The van der Waals surface area contributed by atoms with E-state index in [0.29, 0.717) is 0 Å². The quantitative estimate of drug-likeness (QED) is 0.135. The normalized spacial score (nSPS) is 33.8. The predicted octanol–water partition coefficient (Wildman–Crippen LogP) is -1.84. The van der Waals surface area contributed by atoms with Crippen molar-refractivity contribution in [3.8, 4) is 0 Å². The van der Waals surface area contributed by atoms with Crippen molar-refractivity contribution in [3.63, 3.8) is 0 Å². The van der Waals surface area contributed by atoms with Gasteiger partial charge in [0.15, 0.2) is 61.6 Å². The first-order valence-corrected chi connectivity index (χ1v) is 18.5. The molecule has 2 N–H and O–H groups in total. The van der Waals surface area contributed by atoms with Gasteiger partial charge in [-0.05, 0) is 6.92 Å². The molecule has 3 fully saturated rings. The van der Waals surface area contributed by atoms with Crippen LogP contribution in [0.15, 0.2) is 0 Å². The number of carbonyl (C=O) groups excluding carboxylic acids is 9. The lowest BCUT2D eigenvalue weighted by Gasteiger charge is -2.50. The molecule has 24 nitrogen and oxygen atoms in total. The van der Waals surface area contributed by atoms with Gasteiger partial charge in [0, 0.05) is 62.3 Å². The smallest absolute Gasteiger partial charge is 0.303 e. The Balaban J connectivity index is 2.31. The molecule has 3 rings (SSSR count). The highest BCUT2D eigenvalue weighted by Gasteiger charge is 2.59. The minimum atomic E-state index is -2.00. The molecular formula is C36H51NO23. The summed E-state index contributed by atoms with van der Waals surface area (Å²) in [4.78, 5) is 111. The number of aliphatic hydroxyl groups excluding tert-OH is 1. The molecule has 0 radical (unpaired) electrons. The fourth-order valence-electron chi connectivity index (χ4n) is 6.65. The lowest BCUT2D eigenvalue weighted by molar-refractivity contribution is -0.380. The number of nitrogens with one attached hydrogen (secondary N) is 1. The van der Waals surface area contributed by atoms with Gasteiger partial charge in [0.25, 0.3) is 0 Å². The molecule has 0 bridgehead atoms. The van der Waals surface area contributed by atoms with Crippen LogP contribution in [0.2, 0.25) is 0 Å². The third-order valence-electron chi connectivity index (χ3n) is 8.65. The van der Waals surface area contributed by atoms with E-state index in [4.69, 9.17) is 61.6 Å². The highest BCUT2D eigenvalue weighted by Crippen LogP contribution is 2.37. The second-order valence-corrected chi connectivity index (χ2v) is 13.8. The minimum absolute atomic E-state index is 0.624. The van der Waals surface area contributed by atoms with Crippen molar-refractivity contribution in [2.75, 3.05) is 13.2 Å². The largest absolute Gasteiger partial charge is 0.463 e. The maximum atomic E-state index is 12.8. The van der Waals surface area contributed by atoms with E-state index < -0.39 is 159 Å². The third kappa shape index (κ3) is 14.0. The molecule has 0 aromatic heterocycles. The number of carbonyl (C=O) groups is 9. The molecule has 338 valence electrons. The Kier molecular flexibility index (Phi) is 18.1. The van der Waals surface area contributed by atoms with Gasteiger partial charge >= 0.3 is 47.8 Å². The Morgan fingerprint density at radius 3 is 1.27 bits per heavy atom. The SMILES string of the molecule is CC(=O)N[C@@H]1[C@@H](O[C@@H]2O[C@H](COC(C)=O)[C@H](OC(C)=O)[C@H](OC(C)=O)[C@H]2O[C@@H]2O[C@@H](C)[C@@H](OC(C)=O)[C@@H](OC(C)=O)[C@@H]2OC(C)=O)[C@H](OC(C)=O)[C@@H](COC(C)=O)O[C@H]1O. The molecule has 3 heterocycles. The van der Waals surface area contributed by atoms with Crippen molar-refractivity contribution < 1.29 is 110 Å². The summed E-state index contributed by atoms with van der Waals surface area (Å²) in [7, 11) is 0. The van der Waals surface area contributed by atoms with Gasteiger partial charge in [-0.3, -0.25) is 43.2 Å². The van der Waals surface area contributed by atoms with Crippen LogP contribution in [0.3, 0.4) is 0 Å². The molecule has 0 aromatic carbocycles. The van der Waals surface area contributed by atoms with E-state index in [1.54, 1.807) is 0 Å². The molecule has 0 aliphatic carbocycles. The molecule has 0 saturated carbocycles. The minimum Gasteiger partial charge on any atom is -0.463 e. The van der Waals surface area contributed by atoms with Crippen molar-refractivity contribution >= 4 is 53.7 Å². The van der Waals surface area contributed by atoms with Gasteiger partial charge in [-0.15, -0.1) is 0 Å². The molecule has 24 heteroatoms. The van der Waals surface area contributed by atoms with Crippen LogP contribution in [-0.4, -0.2) is 164 Å². The fraction of sp³-hybridized carbons (Fsp3) is 0.750. The standard InChI is InChI=1S/C36H51NO23/c1-13-26(51-17(5)41)30(54-20(8)44)32(56-22(10)46)35(50-13)60-33-31(55-21(9)45)28(53-19(7)43)24(12-49-16(4)40)58-36(33)59-29-25(37-14(2)38)34(47)57-23(11-48-15(3)39)27(29)52-18(6)42/h13,23-36,47H,11-12H2,1-10H3,(H,37,38)/t13-,23+,24+,25+,26+,27+,28-,29+,30+,31-,32-,33+,34+,35-,36-/m0/s1. The molecule has 3 aliphatic heterocycles. The molecule has 60 heavy (non-hydrogen) atoms. The number of ether oxygens (including phenoxy) is 13. The average molecular weight is 866 g/mol. The highest BCUT2D eigenvalue weighted by molar-refractivity contribution is 5.73. The number of hydrogen-bond acceptors (Lipinski definition) is 23. The van der Waals surface area contributed by atoms with Gasteiger partial charge < -0.3 is 72.0 Å². The van der Waals surface area contributed by atoms with Gasteiger partial charge in [-0.25, -0.2) is 0 Å². The molecule has 0 unspecified atom stereocenters. The Morgan fingerprint density at radius 2 is 0.817 bits per heavy atom. The summed E-state index contributed by atoms with van der Waals surface area (Å²) < 4.78 is 74.0. The van der Waals surface area contributed by atoms with E-state index in [2.05, 4.69) is 5.32 Å². The zero-order valence-corrected chi connectivity index (χ0v) is 34.5. The van der Waals surface area contributed by atoms with E-state index in [9.17, 15) is 48.3 Å². The molecule has 15 atom stereocenters. The zero-order chi connectivity index (χ0) is 45.2. The number of aliphatic hydroxyl groups is 1. The Hall–Kier alpha value is -5.01. The van der Waals surface area contributed by atoms with E-state index in [1.165, 1.54) is 6.92 Å². The number of hydrogen-bond donors (Lipinski definition) is 2. The first-order chi connectivity index (χ1) is 28.0. The summed E-state index contributed by atoms with van der Waals surface area (Å²) in [6.45, 7) is 9.37. The van der Waals surface area contributed by atoms with Crippen molar-refractivity contribution in [2.24, 2.45) is 0 Å². The lowest BCUT2D eigenvalue weighted by atomic mass is 9.94. The van der Waals surface area contributed by atoms with Crippen LogP contribution in [-0.2, 0) is 105 Å². The Bertz CT molecular complexity index is 1600. The van der Waals surface area contributed by atoms with Crippen LogP contribution in [0.25, 0.3) is 0 Å². The summed E-state index contributed by atoms with van der Waals surface area (Å²) in [6.07, 6.45) is -23.6. The van der Waals surface area contributed by atoms with Gasteiger partial charge in [-0.1, -0.05) is 0 Å². The average Bonchev–Trinajstić information content (AvgIpc) is 3.10. The maximum Gasteiger partial charge on any atom is 0.303 e. The van der Waals surface area contributed by atoms with Crippen molar-refractivity contribution in [2.45, 2.75) is 161 Å². The summed E-state index contributed by atoms with van der Waals surface area (Å²) in [5.41, 5.74) is 0. The third-order valence-corrected chi connectivity index (χ3v) is 8.65. The van der Waals surface area contributed by atoms with Gasteiger partial charge in [0.1, 0.15) is 37.6 Å². The van der Waals surface area contributed by atoms with Crippen LogP contribution < -0.4 is 5.32 Å². The zero-order valence-electron chi connectivity index (χ0n) is 34.5. The first kappa shape index (κ1) is 49.4. The van der Waals surface area contributed by atoms with Crippen LogP contribution >= 0.6 is 0 Å². The van der Waals surface area contributed by atoms with Crippen molar-refractivity contribution in [3.05, 3.63) is 0 Å². The van der Waals surface area contributed by atoms with E-state index in [1.807, 2.05) is 0 Å². The molecule has 1 amide bonds. The number of amides is 1. The summed E-state index contributed by atoms with van der Waals surface area (Å²) in [5, 5.41) is 13.6. The Labute approximate surface area is 343 Å². The summed E-state index contributed by atoms with van der Waals surface area (Å²) in [6, 6.07) is -1.62. The molecule has 0 spiro atoms. The predicted molar refractivity (Wildman–Crippen MR) is 188 cm³/mol. The van der Waals surface area contributed by atoms with Crippen LogP contribution in [0, 0.1) is 0 Å². The molecular weight excluding hydrogens is 814 g/mol. The van der Waals surface area contributed by atoms with Crippen molar-refractivity contribution in [1.82, 2.24) is 5.32 Å². The van der Waals surface area contributed by atoms with Crippen LogP contribution in [0.1, 0.15) is 69.2 Å². The topological polar surface area (TPSA) is 306 Å². The van der Waals surface area contributed by atoms with Crippen LogP contribution in [0.4, 0.5) is 0 Å². The van der Waals surface area contributed by atoms with E-state index in [0.717, 1.165) is 62.3 Å². The molecule has 0 aromatic rings. The van der Waals surface area contributed by atoms with Crippen LogP contribution in [0.5, 0.6) is 0 Å². The molecule has 3 aliphatic rings. The number of esters is 8. The highest BCUT2D eigenvalue weighted by atomic mass is 16.8. The second kappa shape index (κ2) is 22.0. The monoisotopic (exact) mass is 865 g/mol. The maximum absolute atomic E-state index is 12.8. The Morgan fingerprint density at radius 1 is 0.450 bits per heavy atom. The van der Waals surface area contributed by atoms with E-state index in [-0.39, 0.29) is 0 Å². The second-order valence-electron chi connectivity index (χ2n) is 13.8. The molecule has 3 saturated heterocycles. The summed E-state index contributed by atoms with van der Waals surface area (Å²) in [5.74, 6) is -7.96. The van der Waals surface area contributed by atoms with Gasteiger partial charge in [0.05, 0.1) is 6.10 Å². The van der Waals surface area contributed by atoms with Crippen molar-refractivity contribution in [1.29, 1.82) is 0 Å². The summed E-state index contributed by atoms with van der Waals surface area (Å²) >= 11 is 0. The van der Waals surface area contributed by atoms with E-state index >= 15 is 0 Å². The number of rotatable bonds is 15. The first-order valence-electron chi connectivity index (χ1n) is 18.5. The lowest BCUT2D eigenvalue weighted by Crippen LogP contribution is -2.70. The van der Waals surface area contributed by atoms with Gasteiger partial charge in [-0.2, -0.15) is 0 Å². The fourth-order valence-corrected chi connectivity index (χ4v) is 6.65. The van der Waals surface area contributed by atoms with Gasteiger partial charge in [0.2, 0.25) is 5.91 Å².